The van der Waals surface area contributed by atoms with Crippen molar-refractivity contribution >= 4 is 22.8 Å². The van der Waals surface area contributed by atoms with Crippen LogP contribution in [0.25, 0.3) is 0 Å². The smallest absolute Gasteiger partial charge is 0.289 e. The van der Waals surface area contributed by atoms with Gasteiger partial charge >= 0.3 is 6.18 Å². The summed E-state index contributed by atoms with van der Waals surface area (Å²) in [5.41, 5.74) is 0.136. The summed E-state index contributed by atoms with van der Waals surface area (Å²) in [7, 11) is 0. The van der Waals surface area contributed by atoms with E-state index in [-0.39, 0.29) is 11.8 Å². The lowest BCUT2D eigenvalue weighted by molar-refractivity contribution is -0.137. The molecule has 1 aromatic rings. The first-order valence-corrected chi connectivity index (χ1v) is 8.08. The summed E-state index contributed by atoms with van der Waals surface area (Å²) in [4.78, 5) is 18.1. The van der Waals surface area contributed by atoms with Gasteiger partial charge in [0.25, 0.3) is 0 Å². The SMILES string of the molecule is O=C(C1CC1)N1CCN=C1SCc1ccc(C(F)(F)F)cc1. The zero-order valence-electron chi connectivity index (χ0n) is 11.8. The fourth-order valence-electron chi connectivity index (χ4n) is 2.24. The third kappa shape index (κ3) is 3.45. The van der Waals surface area contributed by atoms with E-state index >= 15 is 0 Å². The quantitative estimate of drug-likeness (QED) is 0.850. The number of thioether (sulfide) groups is 1. The van der Waals surface area contributed by atoms with E-state index in [1.165, 1.54) is 23.9 Å². The number of hydrogen-bond donors (Lipinski definition) is 0. The number of halogens is 3. The Kier molecular flexibility index (Phi) is 4.16. The van der Waals surface area contributed by atoms with Crippen molar-refractivity contribution in [3.05, 3.63) is 35.4 Å². The van der Waals surface area contributed by atoms with Gasteiger partial charge in [0.2, 0.25) is 5.91 Å². The van der Waals surface area contributed by atoms with Crippen LogP contribution in [0.4, 0.5) is 13.2 Å². The lowest BCUT2D eigenvalue weighted by Crippen LogP contribution is -2.33. The molecule has 0 N–H and O–H groups in total. The van der Waals surface area contributed by atoms with Crippen molar-refractivity contribution in [2.75, 3.05) is 13.1 Å². The molecule has 0 radical (unpaired) electrons. The Morgan fingerprint density at radius 2 is 1.95 bits per heavy atom. The van der Waals surface area contributed by atoms with Crippen LogP contribution < -0.4 is 0 Å². The predicted molar refractivity (Wildman–Crippen MR) is 79.5 cm³/mol. The molecule has 1 heterocycles. The molecule has 0 spiro atoms. The number of carbonyl (C=O) groups excluding carboxylic acids is 1. The number of nitrogens with zero attached hydrogens (tertiary/aromatic N) is 2. The average Bonchev–Trinajstić information content (AvgIpc) is 3.22. The minimum atomic E-state index is -4.31. The van der Waals surface area contributed by atoms with Crippen molar-refractivity contribution in [3.8, 4) is 0 Å². The Balaban J connectivity index is 1.59. The number of benzene rings is 1. The van der Waals surface area contributed by atoms with E-state index in [4.69, 9.17) is 0 Å². The van der Waals surface area contributed by atoms with Gasteiger partial charge in [-0.25, -0.2) is 0 Å². The largest absolute Gasteiger partial charge is 0.416 e. The lowest BCUT2D eigenvalue weighted by atomic mass is 10.1. The molecular formula is C15H15F3N2OS. The highest BCUT2D eigenvalue weighted by Crippen LogP contribution is 2.33. The number of alkyl halides is 3. The number of rotatable bonds is 3. The van der Waals surface area contributed by atoms with Gasteiger partial charge in [0.15, 0.2) is 5.17 Å². The molecule has 0 unspecified atom stereocenters. The second-order valence-electron chi connectivity index (χ2n) is 5.41. The van der Waals surface area contributed by atoms with Crippen LogP contribution in [-0.4, -0.2) is 29.1 Å². The Morgan fingerprint density at radius 1 is 1.27 bits per heavy atom. The van der Waals surface area contributed by atoms with E-state index in [1.807, 2.05) is 0 Å². The van der Waals surface area contributed by atoms with Crippen LogP contribution in [0.5, 0.6) is 0 Å². The fraction of sp³-hybridized carbons (Fsp3) is 0.467. The van der Waals surface area contributed by atoms with Gasteiger partial charge in [-0.15, -0.1) is 0 Å². The normalized spacial score (nSPS) is 18.5. The number of amides is 1. The fourth-order valence-corrected chi connectivity index (χ4v) is 3.25. The summed E-state index contributed by atoms with van der Waals surface area (Å²) in [6.07, 6.45) is -2.41. The van der Waals surface area contributed by atoms with Crippen molar-refractivity contribution < 1.29 is 18.0 Å². The maximum Gasteiger partial charge on any atom is 0.416 e. The molecule has 3 rings (SSSR count). The Labute approximate surface area is 130 Å². The molecule has 1 amide bonds. The molecular weight excluding hydrogens is 313 g/mol. The molecule has 1 aliphatic carbocycles. The zero-order valence-corrected chi connectivity index (χ0v) is 12.6. The van der Waals surface area contributed by atoms with Crippen LogP contribution in [0, 0.1) is 5.92 Å². The molecule has 0 atom stereocenters. The summed E-state index contributed by atoms with van der Waals surface area (Å²) in [6, 6.07) is 5.11. The van der Waals surface area contributed by atoms with Gasteiger partial charge in [-0.05, 0) is 30.5 Å². The Morgan fingerprint density at radius 3 is 2.55 bits per heavy atom. The minimum absolute atomic E-state index is 0.135. The molecule has 0 bridgehead atoms. The highest BCUT2D eigenvalue weighted by Gasteiger charge is 2.36. The van der Waals surface area contributed by atoms with Crippen LogP contribution in [0.15, 0.2) is 29.3 Å². The van der Waals surface area contributed by atoms with E-state index in [9.17, 15) is 18.0 Å². The van der Waals surface area contributed by atoms with Crippen LogP contribution in [0.2, 0.25) is 0 Å². The van der Waals surface area contributed by atoms with Gasteiger partial charge in [0, 0.05) is 18.2 Å². The first-order valence-electron chi connectivity index (χ1n) is 7.10. The van der Waals surface area contributed by atoms with Crippen molar-refractivity contribution in [1.29, 1.82) is 0 Å². The number of carbonyl (C=O) groups is 1. The monoisotopic (exact) mass is 328 g/mol. The van der Waals surface area contributed by atoms with Crippen LogP contribution in [-0.2, 0) is 16.7 Å². The van der Waals surface area contributed by atoms with Crippen LogP contribution in [0.1, 0.15) is 24.0 Å². The molecule has 0 saturated heterocycles. The molecule has 1 aliphatic heterocycles. The van der Waals surface area contributed by atoms with Crippen molar-refractivity contribution in [3.63, 3.8) is 0 Å². The Hall–Kier alpha value is -1.50. The first-order chi connectivity index (χ1) is 10.4. The summed E-state index contributed by atoms with van der Waals surface area (Å²) >= 11 is 1.41. The van der Waals surface area contributed by atoms with Gasteiger partial charge in [-0.2, -0.15) is 13.2 Å². The van der Waals surface area contributed by atoms with Gasteiger partial charge in [-0.3, -0.25) is 14.7 Å². The van der Waals surface area contributed by atoms with E-state index in [1.54, 1.807) is 4.90 Å². The summed E-state index contributed by atoms with van der Waals surface area (Å²) in [5.74, 6) is 0.789. The van der Waals surface area contributed by atoms with Gasteiger partial charge in [0.05, 0.1) is 12.1 Å². The number of hydrogen-bond acceptors (Lipinski definition) is 3. The molecule has 2 aliphatic rings. The summed E-state index contributed by atoms with van der Waals surface area (Å²) in [6.45, 7) is 1.22. The van der Waals surface area contributed by atoms with Crippen molar-refractivity contribution in [2.24, 2.45) is 10.9 Å². The van der Waals surface area contributed by atoms with E-state index in [0.717, 1.165) is 30.5 Å². The molecule has 3 nitrogen and oxygen atoms in total. The molecule has 1 fully saturated rings. The third-order valence-electron chi connectivity index (χ3n) is 3.64. The molecule has 1 saturated carbocycles. The zero-order chi connectivity index (χ0) is 15.7. The standard InChI is InChI=1S/C15H15F3N2OS/c16-15(17,18)12-5-1-10(2-6-12)9-22-14-19-7-8-20(14)13(21)11-3-4-11/h1-2,5-6,11H,3-4,7-9H2. The van der Waals surface area contributed by atoms with Gasteiger partial charge in [0.1, 0.15) is 0 Å². The van der Waals surface area contributed by atoms with Crippen LogP contribution in [0.3, 0.4) is 0 Å². The molecule has 118 valence electrons. The third-order valence-corrected chi connectivity index (χ3v) is 4.73. The summed E-state index contributed by atoms with van der Waals surface area (Å²) < 4.78 is 37.5. The molecule has 0 aromatic heterocycles. The number of amidine groups is 1. The first kappa shape index (κ1) is 15.4. The second kappa shape index (κ2) is 5.95. The topological polar surface area (TPSA) is 32.7 Å². The molecule has 22 heavy (non-hydrogen) atoms. The van der Waals surface area contributed by atoms with Crippen LogP contribution >= 0.6 is 11.8 Å². The predicted octanol–water partition coefficient (Wildman–Crippen LogP) is 3.55. The maximum atomic E-state index is 12.5. The number of aliphatic imine (C=N–C) groups is 1. The lowest BCUT2D eigenvalue weighted by Gasteiger charge is -2.17. The average molecular weight is 328 g/mol. The second-order valence-corrected chi connectivity index (χ2v) is 6.35. The van der Waals surface area contributed by atoms with E-state index in [2.05, 4.69) is 4.99 Å². The van der Waals surface area contributed by atoms with Crippen molar-refractivity contribution in [2.45, 2.75) is 24.8 Å². The Bertz CT molecular complexity index is 594. The van der Waals surface area contributed by atoms with Gasteiger partial charge < -0.3 is 0 Å². The van der Waals surface area contributed by atoms with E-state index < -0.39 is 11.7 Å². The molecule has 1 aromatic carbocycles. The molecule has 7 heteroatoms. The van der Waals surface area contributed by atoms with Crippen molar-refractivity contribution in [1.82, 2.24) is 4.90 Å². The maximum absolute atomic E-state index is 12.5. The van der Waals surface area contributed by atoms with Gasteiger partial charge in [-0.1, -0.05) is 23.9 Å². The summed E-state index contributed by atoms with van der Waals surface area (Å²) in [5, 5.41) is 0.691. The minimum Gasteiger partial charge on any atom is -0.289 e. The van der Waals surface area contributed by atoms with E-state index in [0.29, 0.717) is 24.0 Å². The highest BCUT2D eigenvalue weighted by molar-refractivity contribution is 8.13. The highest BCUT2D eigenvalue weighted by atomic mass is 32.2.